The van der Waals surface area contributed by atoms with Crippen molar-refractivity contribution in [2.45, 2.75) is 38.8 Å². The van der Waals surface area contributed by atoms with E-state index < -0.39 is 5.97 Å². The van der Waals surface area contributed by atoms with Crippen LogP contribution in [0.2, 0.25) is 0 Å². The summed E-state index contributed by atoms with van der Waals surface area (Å²) in [4.78, 5) is 25.5. The van der Waals surface area contributed by atoms with E-state index in [1.165, 1.54) is 0 Å². The van der Waals surface area contributed by atoms with E-state index in [1.807, 2.05) is 18.7 Å². The number of carbonyl (C=O) groups is 2. The average molecular weight is 284 g/mol. The molecule has 2 aliphatic rings. The van der Waals surface area contributed by atoms with Gasteiger partial charge in [-0.3, -0.25) is 9.59 Å². The molecular formula is C14H24N2O4. The van der Waals surface area contributed by atoms with E-state index in [1.54, 1.807) is 0 Å². The Morgan fingerprint density at radius 1 is 1.40 bits per heavy atom. The van der Waals surface area contributed by atoms with Gasteiger partial charge in [-0.15, -0.1) is 0 Å². The van der Waals surface area contributed by atoms with Gasteiger partial charge in [0.15, 0.2) is 0 Å². The molecule has 2 fully saturated rings. The lowest BCUT2D eigenvalue weighted by Crippen LogP contribution is -2.52. The monoisotopic (exact) mass is 284 g/mol. The normalized spacial score (nSPS) is 34.2. The minimum Gasteiger partial charge on any atom is -0.481 e. The number of piperidine rings is 1. The molecule has 1 amide bonds. The zero-order chi connectivity index (χ0) is 14.7. The Morgan fingerprint density at radius 3 is 2.75 bits per heavy atom. The van der Waals surface area contributed by atoms with E-state index in [0.717, 1.165) is 6.54 Å². The number of likely N-dealkylation sites (N-methyl/N-ethyl adjacent to an activating group) is 1. The zero-order valence-corrected chi connectivity index (χ0v) is 12.2. The summed E-state index contributed by atoms with van der Waals surface area (Å²) in [5.41, 5.74) is 0. The van der Waals surface area contributed by atoms with Crippen LogP contribution < -0.4 is 5.32 Å². The highest BCUT2D eigenvalue weighted by molar-refractivity contribution is 5.81. The fourth-order valence-corrected chi connectivity index (χ4v) is 3.20. The number of nitrogens with zero attached hydrogens (tertiary/aromatic N) is 1. The predicted octanol–water partition coefficient (Wildman–Crippen LogP) is 0.323. The topological polar surface area (TPSA) is 78.9 Å². The molecule has 4 unspecified atom stereocenters. The molecule has 0 bridgehead atoms. The molecule has 2 N–H and O–H groups in total. The second kappa shape index (κ2) is 6.54. The molecule has 2 heterocycles. The number of rotatable bonds is 4. The summed E-state index contributed by atoms with van der Waals surface area (Å²) >= 11 is 0. The highest BCUT2D eigenvalue weighted by Gasteiger charge is 2.40. The third kappa shape index (κ3) is 3.12. The summed E-state index contributed by atoms with van der Waals surface area (Å²) < 4.78 is 5.42. The van der Waals surface area contributed by atoms with Crippen LogP contribution in [0.15, 0.2) is 0 Å². The van der Waals surface area contributed by atoms with Crippen LogP contribution in [0, 0.1) is 11.8 Å². The van der Waals surface area contributed by atoms with Crippen LogP contribution in [0.25, 0.3) is 0 Å². The molecule has 2 rings (SSSR count). The lowest BCUT2D eigenvalue weighted by atomic mass is 9.90. The number of nitrogens with one attached hydrogen (secondary N) is 1. The molecule has 20 heavy (non-hydrogen) atoms. The number of hydrogen-bond donors (Lipinski definition) is 2. The molecular weight excluding hydrogens is 260 g/mol. The highest BCUT2D eigenvalue weighted by atomic mass is 16.5. The Bertz CT molecular complexity index is 374. The molecule has 0 aliphatic carbocycles. The SMILES string of the molecule is CCNC1COCC1C(=O)N1CCC(C(=O)O)CC1C. The van der Waals surface area contributed by atoms with Crippen LogP contribution in [0.1, 0.15) is 26.7 Å². The van der Waals surface area contributed by atoms with Crippen molar-refractivity contribution in [1.29, 1.82) is 0 Å². The molecule has 0 aromatic rings. The number of aliphatic carboxylic acids is 1. The lowest BCUT2D eigenvalue weighted by molar-refractivity contribution is -0.149. The van der Waals surface area contributed by atoms with Crippen molar-refractivity contribution in [1.82, 2.24) is 10.2 Å². The first-order valence-electron chi connectivity index (χ1n) is 7.39. The number of hydrogen-bond acceptors (Lipinski definition) is 4. The molecule has 0 spiro atoms. The molecule has 114 valence electrons. The third-order valence-electron chi connectivity index (χ3n) is 4.37. The van der Waals surface area contributed by atoms with Crippen molar-refractivity contribution < 1.29 is 19.4 Å². The van der Waals surface area contributed by atoms with Gasteiger partial charge in [-0.2, -0.15) is 0 Å². The Morgan fingerprint density at radius 2 is 2.15 bits per heavy atom. The lowest BCUT2D eigenvalue weighted by Gasteiger charge is -2.38. The summed E-state index contributed by atoms with van der Waals surface area (Å²) in [7, 11) is 0. The molecule has 0 radical (unpaired) electrons. The van der Waals surface area contributed by atoms with Crippen LogP contribution in [-0.4, -0.2) is 60.3 Å². The Kier molecular flexibility index (Phi) is 4.99. The van der Waals surface area contributed by atoms with Gasteiger partial charge in [-0.1, -0.05) is 6.92 Å². The zero-order valence-electron chi connectivity index (χ0n) is 12.2. The maximum atomic E-state index is 12.6. The number of carbonyl (C=O) groups excluding carboxylic acids is 1. The van der Waals surface area contributed by atoms with Gasteiger partial charge >= 0.3 is 5.97 Å². The van der Waals surface area contributed by atoms with Crippen LogP contribution in [0.5, 0.6) is 0 Å². The third-order valence-corrected chi connectivity index (χ3v) is 4.37. The van der Waals surface area contributed by atoms with Crippen LogP contribution >= 0.6 is 0 Å². The molecule has 6 nitrogen and oxygen atoms in total. The Labute approximate surface area is 119 Å². The second-order valence-electron chi connectivity index (χ2n) is 5.75. The largest absolute Gasteiger partial charge is 0.481 e. The number of carboxylic acids is 1. The first-order valence-corrected chi connectivity index (χ1v) is 7.39. The van der Waals surface area contributed by atoms with Gasteiger partial charge < -0.3 is 20.1 Å². The van der Waals surface area contributed by atoms with Gasteiger partial charge in [0.2, 0.25) is 5.91 Å². The van der Waals surface area contributed by atoms with Gasteiger partial charge in [-0.05, 0) is 26.3 Å². The van der Waals surface area contributed by atoms with Crippen LogP contribution in [0.4, 0.5) is 0 Å². The standard InChI is InChI=1S/C14H24N2O4/c1-3-15-12-8-20-7-11(12)13(17)16-5-4-10(14(18)19)6-9(16)2/h9-12,15H,3-8H2,1-2H3,(H,18,19). The first kappa shape index (κ1) is 15.3. The Hall–Kier alpha value is -1.14. The molecule has 6 heteroatoms. The number of ether oxygens (including phenoxy) is 1. The maximum Gasteiger partial charge on any atom is 0.306 e. The second-order valence-corrected chi connectivity index (χ2v) is 5.75. The quantitative estimate of drug-likeness (QED) is 0.777. The molecule has 0 saturated carbocycles. The van der Waals surface area contributed by atoms with Gasteiger partial charge in [-0.25, -0.2) is 0 Å². The Balaban J connectivity index is 1.97. The van der Waals surface area contributed by atoms with Gasteiger partial charge in [0.1, 0.15) is 0 Å². The van der Waals surface area contributed by atoms with E-state index in [2.05, 4.69) is 5.32 Å². The minimum atomic E-state index is -0.751. The van der Waals surface area contributed by atoms with Crippen LogP contribution in [-0.2, 0) is 14.3 Å². The van der Waals surface area contributed by atoms with Crippen molar-refractivity contribution in [3.8, 4) is 0 Å². The van der Waals surface area contributed by atoms with E-state index in [9.17, 15) is 9.59 Å². The van der Waals surface area contributed by atoms with Gasteiger partial charge in [0, 0.05) is 18.6 Å². The molecule has 2 saturated heterocycles. The van der Waals surface area contributed by atoms with Crippen molar-refractivity contribution in [3.05, 3.63) is 0 Å². The van der Waals surface area contributed by atoms with Crippen molar-refractivity contribution >= 4 is 11.9 Å². The number of likely N-dealkylation sites (tertiary alicyclic amines) is 1. The predicted molar refractivity (Wildman–Crippen MR) is 73.3 cm³/mol. The molecule has 0 aromatic carbocycles. The fourth-order valence-electron chi connectivity index (χ4n) is 3.20. The van der Waals surface area contributed by atoms with Crippen molar-refractivity contribution in [2.24, 2.45) is 11.8 Å². The van der Waals surface area contributed by atoms with Crippen molar-refractivity contribution in [2.75, 3.05) is 26.3 Å². The van der Waals surface area contributed by atoms with E-state index in [4.69, 9.17) is 9.84 Å². The number of amides is 1. The summed E-state index contributed by atoms with van der Waals surface area (Å²) in [6.45, 7) is 6.33. The van der Waals surface area contributed by atoms with Gasteiger partial charge in [0.05, 0.1) is 25.0 Å². The van der Waals surface area contributed by atoms with E-state index >= 15 is 0 Å². The van der Waals surface area contributed by atoms with Crippen LogP contribution in [0.3, 0.4) is 0 Å². The van der Waals surface area contributed by atoms with Gasteiger partial charge in [0.25, 0.3) is 0 Å². The average Bonchev–Trinajstić information content (AvgIpc) is 2.86. The summed E-state index contributed by atoms with van der Waals surface area (Å²) in [6.07, 6.45) is 1.09. The summed E-state index contributed by atoms with van der Waals surface area (Å²) in [6, 6.07) is 0.0668. The fraction of sp³-hybridized carbons (Fsp3) is 0.857. The molecule has 4 atom stereocenters. The number of carboxylic acid groups (broad SMARTS) is 1. The first-order chi connectivity index (χ1) is 9.54. The van der Waals surface area contributed by atoms with E-state index in [-0.39, 0.29) is 29.8 Å². The van der Waals surface area contributed by atoms with E-state index in [0.29, 0.717) is 32.6 Å². The minimum absolute atomic E-state index is 0.0137. The molecule has 0 aromatic heterocycles. The maximum absolute atomic E-state index is 12.6. The summed E-state index contributed by atoms with van der Waals surface area (Å²) in [5, 5.41) is 12.4. The van der Waals surface area contributed by atoms with Crippen molar-refractivity contribution in [3.63, 3.8) is 0 Å². The highest BCUT2D eigenvalue weighted by Crippen LogP contribution is 2.26. The smallest absolute Gasteiger partial charge is 0.306 e. The summed E-state index contributed by atoms with van der Waals surface area (Å²) in [5.74, 6) is -1.11. The molecule has 2 aliphatic heterocycles.